The molecular weight excluding hydrogens is 524 g/mol. The van der Waals surface area contributed by atoms with E-state index in [1.54, 1.807) is 42.5 Å². The number of carbonyl (C=O) groups is 5. The summed E-state index contributed by atoms with van der Waals surface area (Å²) in [5, 5.41) is 5.49. The van der Waals surface area contributed by atoms with E-state index in [0.29, 0.717) is 16.3 Å². The summed E-state index contributed by atoms with van der Waals surface area (Å²) in [6, 6.07) is 10.9. The fourth-order valence-electron chi connectivity index (χ4n) is 4.78. The van der Waals surface area contributed by atoms with Crippen LogP contribution in [0.2, 0.25) is 0 Å². The van der Waals surface area contributed by atoms with Crippen LogP contribution in [0.25, 0.3) is 0 Å². The van der Waals surface area contributed by atoms with Gasteiger partial charge in [-0.2, -0.15) is 0 Å². The Morgan fingerprint density at radius 1 is 0.927 bits per heavy atom. The predicted octanol–water partition coefficient (Wildman–Crippen LogP) is 5.39. The number of nitrogens with one attached hydrogen (secondary N) is 2. The highest BCUT2D eigenvalue weighted by molar-refractivity contribution is 6.21. The average molecular weight is 565 g/mol. The van der Waals surface area contributed by atoms with Crippen molar-refractivity contribution < 1.29 is 28.7 Å². The number of nitrogens with zero attached hydrogens (tertiary/aromatic N) is 2. The van der Waals surface area contributed by atoms with Gasteiger partial charge in [0.15, 0.2) is 11.8 Å². The van der Waals surface area contributed by atoms with E-state index in [2.05, 4.69) is 17.6 Å². The summed E-state index contributed by atoms with van der Waals surface area (Å²) in [4.78, 5) is 66.6. The number of methoxy groups -OCH3 is 1. The quantitative estimate of drug-likeness (QED) is 0.170. The molecular formula is C31H40N4O6. The highest BCUT2D eigenvalue weighted by atomic mass is 16.5. The topological polar surface area (TPSA) is 125 Å². The van der Waals surface area contributed by atoms with Gasteiger partial charge in [0.1, 0.15) is 12.3 Å². The lowest BCUT2D eigenvalue weighted by molar-refractivity contribution is -0.138. The summed E-state index contributed by atoms with van der Waals surface area (Å²) >= 11 is 0. The smallest absolute Gasteiger partial charge is 0.332 e. The lowest BCUT2D eigenvalue weighted by Gasteiger charge is -2.24. The molecule has 0 radical (unpaired) electrons. The number of imide groups is 1. The molecule has 1 fully saturated rings. The van der Waals surface area contributed by atoms with Crippen LogP contribution in [0.3, 0.4) is 0 Å². The number of carbonyl (C=O) groups excluding carboxylic acids is 5. The van der Waals surface area contributed by atoms with Crippen molar-refractivity contribution in [2.45, 2.75) is 71.8 Å². The molecule has 2 aromatic carbocycles. The van der Waals surface area contributed by atoms with Crippen LogP contribution in [0.1, 0.15) is 65.7 Å². The molecule has 220 valence electrons. The van der Waals surface area contributed by atoms with Gasteiger partial charge < -0.3 is 15.4 Å². The Morgan fingerprint density at radius 3 is 2.27 bits per heavy atom. The lowest BCUT2D eigenvalue weighted by Crippen LogP contribution is -2.51. The summed E-state index contributed by atoms with van der Waals surface area (Å²) in [6.07, 6.45) is 7.66. The van der Waals surface area contributed by atoms with Crippen LogP contribution in [0.4, 0.5) is 21.9 Å². The van der Waals surface area contributed by atoms with Crippen molar-refractivity contribution in [2.24, 2.45) is 5.92 Å². The Hall–Kier alpha value is -4.21. The monoisotopic (exact) mass is 564 g/mol. The van der Waals surface area contributed by atoms with Crippen molar-refractivity contribution >= 4 is 46.6 Å². The Bertz CT molecular complexity index is 1250. The molecule has 10 heteroatoms. The van der Waals surface area contributed by atoms with Gasteiger partial charge in [0, 0.05) is 17.3 Å². The van der Waals surface area contributed by atoms with Crippen LogP contribution in [0.5, 0.6) is 5.75 Å². The molecule has 0 aliphatic carbocycles. The first kappa shape index (κ1) is 31.3. The van der Waals surface area contributed by atoms with Crippen LogP contribution in [-0.2, 0) is 19.2 Å². The summed E-state index contributed by atoms with van der Waals surface area (Å²) in [7, 11) is 1.42. The second-order valence-corrected chi connectivity index (χ2v) is 10.3. The van der Waals surface area contributed by atoms with Gasteiger partial charge >= 0.3 is 6.03 Å². The Kier molecular flexibility index (Phi) is 11.4. The molecule has 0 spiro atoms. The number of hydrogen-bond donors (Lipinski definition) is 2. The van der Waals surface area contributed by atoms with Crippen molar-refractivity contribution in [1.82, 2.24) is 4.90 Å². The Morgan fingerprint density at radius 2 is 1.61 bits per heavy atom. The number of benzene rings is 2. The third-order valence-electron chi connectivity index (χ3n) is 7.12. The van der Waals surface area contributed by atoms with Crippen LogP contribution in [-0.4, -0.2) is 54.1 Å². The molecule has 1 saturated heterocycles. The third kappa shape index (κ3) is 8.15. The van der Waals surface area contributed by atoms with Gasteiger partial charge in [-0.25, -0.2) is 9.69 Å². The van der Waals surface area contributed by atoms with Gasteiger partial charge in [-0.1, -0.05) is 70.6 Å². The number of amides is 5. The largest absolute Gasteiger partial charge is 0.495 e. The molecule has 1 aliphatic heterocycles. The SMILES string of the molecule is CCCCCCCCC(C)C(=O)Nc1ccc(OC)c(NC(=O)C(C(C)=O)N2C(=O)CN(c3ccccc3)C2=O)c1. The number of ether oxygens (including phenoxy) is 1. The highest BCUT2D eigenvalue weighted by Gasteiger charge is 2.46. The van der Waals surface area contributed by atoms with Crippen LogP contribution >= 0.6 is 0 Å². The Labute approximate surface area is 241 Å². The molecule has 0 bridgehead atoms. The molecule has 5 amide bonds. The number of anilines is 3. The lowest BCUT2D eigenvalue weighted by atomic mass is 10.0. The molecule has 1 heterocycles. The first-order valence-corrected chi connectivity index (χ1v) is 14.2. The fourth-order valence-corrected chi connectivity index (χ4v) is 4.78. The van der Waals surface area contributed by atoms with E-state index in [1.807, 2.05) is 6.92 Å². The van der Waals surface area contributed by atoms with E-state index in [1.165, 1.54) is 43.8 Å². The predicted molar refractivity (Wildman–Crippen MR) is 158 cm³/mol. The molecule has 2 aromatic rings. The van der Waals surface area contributed by atoms with Crippen molar-refractivity contribution in [3.05, 3.63) is 48.5 Å². The molecule has 2 N–H and O–H groups in total. The van der Waals surface area contributed by atoms with E-state index in [-0.39, 0.29) is 29.8 Å². The minimum atomic E-state index is -1.68. The van der Waals surface area contributed by atoms with Gasteiger partial charge in [-0.3, -0.25) is 24.1 Å². The standard InChI is InChI=1S/C31H40N4O6/c1-5-6-7-8-9-11-14-21(2)29(38)32-23-17-18-26(41-4)25(19-23)33-30(39)28(22(3)36)35-27(37)20-34(31(35)40)24-15-12-10-13-16-24/h10,12-13,15-19,21,28H,5-9,11,14,20H2,1-4H3,(H,32,38)(H,33,39). The van der Waals surface area contributed by atoms with E-state index in [4.69, 9.17) is 4.74 Å². The summed E-state index contributed by atoms with van der Waals surface area (Å²) < 4.78 is 5.36. The second kappa shape index (κ2) is 15.0. The zero-order valence-corrected chi connectivity index (χ0v) is 24.3. The molecule has 10 nitrogen and oxygen atoms in total. The van der Waals surface area contributed by atoms with E-state index in [0.717, 1.165) is 26.2 Å². The van der Waals surface area contributed by atoms with E-state index < -0.39 is 29.7 Å². The maximum Gasteiger partial charge on any atom is 0.332 e. The van der Waals surface area contributed by atoms with Crippen LogP contribution in [0.15, 0.2) is 48.5 Å². The average Bonchev–Trinajstić information content (AvgIpc) is 3.24. The van der Waals surface area contributed by atoms with Crippen molar-refractivity contribution in [3.63, 3.8) is 0 Å². The molecule has 2 atom stereocenters. The first-order valence-electron chi connectivity index (χ1n) is 14.2. The van der Waals surface area contributed by atoms with Crippen molar-refractivity contribution in [2.75, 3.05) is 29.2 Å². The highest BCUT2D eigenvalue weighted by Crippen LogP contribution is 2.30. The third-order valence-corrected chi connectivity index (χ3v) is 7.12. The van der Waals surface area contributed by atoms with Crippen LogP contribution < -0.4 is 20.3 Å². The number of unbranched alkanes of at least 4 members (excludes halogenated alkanes) is 5. The molecule has 41 heavy (non-hydrogen) atoms. The fraction of sp³-hybridized carbons (Fsp3) is 0.452. The normalized spacial score (nSPS) is 14.5. The minimum absolute atomic E-state index is 0.142. The number of rotatable bonds is 15. The minimum Gasteiger partial charge on any atom is -0.495 e. The number of urea groups is 1. The van der Waals surface area contributed by atoms with Gasteiger partial charge in [0.25, 0.3) is 11.8 Å². The zero-order chi connectivity index (χ0) is 29.9. The summed E-state index contributed by atoms with van der Waals surface area (Å²) in [6.45, 7) is 4.92. The van der Waals surface area contributed by atoms with Crippen molar-refractivity contribution in [1.29, 1.82) is 0 Å². The van der Waals surface area contributed by atoms with E-state index >= 15 is 0 Å². The number of ketones is 1. The molecule has 3 rings (SSSR count). The molecule has 0 saturated carbocycles. The van der Waals surface area contributed by atoms with Gasteiger partial charge in [0.2, 0.25) is 5.91 Å². The Balaban J connectivity index is 1.70. The van der Waals surface area contributed by atoms with E-state index in [9.17, 15) is 24.0 Å². The maximum atomic E-state index is 13.4. The molecule has 0 aromatic heterocycles. The number of para-hydroxylation sites is 1. The number of hydrogen-bond acceptors (Lipinski definition) is 6. The second-order valence-electron chi connectivity index (χ2n) is 10.3. The molecule has 1 aliphatic rings. The van der Waals surface area contributed by atoms with Crippen LogP contribution in [0, 0.1) is 5.92 Å². The maximum absolute atomic E-state index is 13.4. The first-order chi connectivity index (χ1) is 19.7. The zero-order valence-electron chi connectivity index (χ0n) is 24.3. The summed E-state index contributed by atoms with van der Waals surface area (Å²) in [5.41, 5.74) is 1.10. The van der Waals surface area contributed by atoms with Crippen molar-refractivity contribution in [3.8, 4) is 5.75 Å². The summed E-state index contributed by atoms with van der Waals surface area (Å²) in [5.74, 6) is -2.26. The molecule has 2 unspecified atom stereocenters. The van der Waals surface area contributed by atoms with Gasteiger partial charge in [0.05, 0.1) is 12.8 Å². The van der Waals surface area contributed by atoms with Gasteiger partial charge in [-0.15, -0.1) is 0 Å². The number of Topliss-reactive ketones (excluding diaryl/α,β-unsaturated/α-hetero) is 1. The van der Waals surface area contributed by atoms with Gasteiger partial charge in [-0.05, 0) is 43.7 Å².